The van der Waals surface area contributed by atoms with E-state index >= 15 is 0 Å². The smallest absolute Gasteiger partial charge is 0.261 e. The fourth-order valence-electron chi connectivity index (χ4n) is 2.80. The Hall–Kier alpha value is -2.99. The van der Waals surface area contributed by atoms with Gasteiger partial charge in [-0.2, -0.15) is 0 Å². The maximum atomic E-state index is 12.8. The molecule has 0 fully saturated rings. The van der Waals surface area contributed by atoms with Crippen LogP contribution in [0.5, 0.6) is 11.5 Å². The molecule has 1 N–H and O–H groups in total. The van der Waals surface area contributed by atoms with E-state index in [1.54, 1.807) is 44.5 Å². The fourth-order valence-corrected chi connectivity index (χ4v) is 2.93. The molecule has 0 aliphatic carbocycles. The Morgan fingerprint density at radius 3 is 2.57 bits per heavy atom. The third-order valence-corrected chi connectivity index (χ3v) is 4.58. The average molecular weight is 400 g/mol. The van der Waals surface area contributed by atoms with E-state index in [1.165, 1.54) is 0 Å². The third kappa shape index (κ3) is 4.64. The number of halogens is 1. The average Bonchev–Trinajstić information content (AvgIpc) is 3.13. The quantitative estimate of drug-likeness (QED) is 0.657. The molecule has 6 nitrogen and oxygen atoms in total. The van der Waals surface area contributed by atoms with E-state index in [4.69, 9.17) is 21.1 Å². The molecule has 2 aromatic carbocycles. The summed E-state index contributed by atoms with van der Waals surface area (Å²) in [6.07, 6.45) is 2.83. The van der Waals surface area contributed by atoms with Crippen LogP contribution in [0, 0.1) is 0 Å². The molecule has 0 spiro atoms. The van der Waals surface area contributed by atoms with Crippen LogP contribution in [0.15, 0.2) is 60.9 Å². The van der Waals surface area contributed by atoms with Crippen molar-refractivity contribution in [3.63, 3.8) is 0 Å². The van der Waals surface area contributed by atoms with Crippen LogP contribution < -0.4 is 14.8 Å². The highest BCUT2D eigenvalue weighted by Gasteiger charge is 2.24. The van der Waals surface area contributed by atoms with Crippen molar-refractivity contribution in [2.45, 2.75) is 19.1 Å². The van der Waals surface area contributed by atoms with Gasteiger partial charge in [-0.3, -0.25) is 4.79 Å². The predicted octanol–water partition coefficient (Wildman–Crippen LogP) is 3.76. The lowest BCUT2D eigenvalue weighted by Crippen LogP contribution is -2.39. The van der Waals surface area contributed by atoms with Gasteiger partial charge in [0, 0.05) is 24.5 Å². The number of carbonyl (C=O) groups excluding carboxylic acids is 1. The van der Waals surface area contributed by atoms with E-state index in [9.17, 15) is 4.79 Å². The van der Waals surface area contributed by atoms with Gasteiger partial charge < -0.3 is 19.4 Å². The van der Waals surface area contributed by atoms with Gasteiger partial charge in [-0.25, -0.2) is 4.98 Å². The number of nitrogens with zero attached hydrogens (tertiary/aromatic N) is 2. The van der Waals surface area contributed by atoms with Gasteiger partial charge in [0.1, 0.15) is 23.4 Å². The Balaban J connectivity index is 1.81. The van der Waals surface area contributed by atoms with Crippen LogP contribution in [-0.2, 0) is 11.8 Å². The Kier molecular flexibility index (Phi) is 6.21. The maximum Gasteiger partial charge on any atom is 0.261 e. The van der Waals surface area contributed by atoms with Gasteiger partial charge in [-0.1, -0.05) is 23.7 Å². The minimum atomic E-state index is -0.699. The second-order valence-electron chi connectivity index (χ2n) is 6.33. The first-order valence-electron chi connectivity index (χ1n) is 8.81. The van der Waals surface area contributed by atoms with E-state index in [1.807, 2.05) is 42.1 Å². The minimum Gasteiger partial charge on any atom is -0.497 e. The fraction of sp³-hybridized carbons (Fsp3) is 0.238. The van der Waals surface area contributed by atoms with Gasteiger partial charge in [-0.15, -0.1) is 0 Å². The molecule has 1 amide bonds. The molecule has 0 saturated carbocycles. The van der Waals surface area contributed by atoms with Gasteiger partial charge in [0.25, 0.3) is 5.91 Å². The highest BCUT2D eigenvalue weighted by atomic mass is 35.5. The highest BCUT2D eigenvalue weighted by Crippen LogP contribution is 2.24. The summed E-state index contributed by atoms with van der Waals surface area (Å²) in [6, 6.07) is 14.0. The first-order valence-corrected chi connectivity index (χ1v) is 9.19. The zero-order chi connectivity index (χ0) is 20.1. The predicted molar refractivity (Wildman–Crippen MR) is 108 cm³/mol. The van der Waals surface area contributed by atoms with Gasteiger partial charge in [0.2, 0.25) is 0 Å². The standard InChI is InChI=1S/C21H22ClN3O3/c1-14(28-17-9-7-16(22)8-10-17)21(26)24-19(20-23-11-12-25(20)2)15-5-4-6-18(13-15)27-3/h4-14,19H,1-3H3,(H,24,26). The van der Waals surface area contributed by atoms with Crippen LogP contribution in [-0.4, -0.2) is 28.7 Å². The van der Waals surface area contributed by atoms with Crippen LogP contribution >= 0.6 is 11.6 Å². The van der Waals surface area contributed by atoms with E-state index in [0.29, 0.717) is 22.3 Å². The zero-order valence-electron chi connectivity index (χ0n) is 15.9. The van der Waals surface area contributed by atoms with Crippen molar-refractivity contribution in [1.29, 1.82) is 0 Å². The number of ether oxygens (including phenoxy) is 2. The molecule has 0 aliphatic rings. The highest BCUT2D eigenvalue weighted by molar-refractivity contribution is 6.30. The molecule has 1 aromatic heterocycles. The first kappa shape index (κ1) is 19.8. The molecule has 1 heterocycles. The van der Waals surface area contributed by atoms with Crippen LogP contribution in [0.1, 0.15) is 24.4 Å². The number of hydrogen-bond donors (Lipinski definition) is 1. The van der Waals surface area contributed by atoms with Crippen LogP contribution in [0.25, 0.3) is 0 Å². The number of nitrogens with one attached hydrogen (secondary N) is 1. The molecular weight excluding hydrogens is 378 g/mol. The van der Waals surface area contributed by atoms with Gasteiger partial charge in [0.15, 0.2) is 6.10 Å². The second-order valence-corrected chi connectivity index (χ2v) is 6.76. The summed E-state index contributed by atoms with van der Waals surface area (Å²) in [5.74, 6) is 1.73. The van der Waals surface area contributed by atoms with Gasteiger partial charge in [-0.05, 0) is 48.9 Å². The topological polar surface area (TPSA) is 65.4 Å². The minimum absolute atomic E-state index is 0.259. The number of methoxy groups -OCH3 is 1. The molecule has 2 unspecified atom stereocenters. The monoisotopic (exact) mass is 399 g/mol. The molecule has 0 aliphatic heterocycles. The molecule has 3 aromatic rings. The first-order chi connectivity index (χ1) is 13.5. The summed E-state index contributed by atoms with van der Waals surface area (Å²) >= 11 is 5.89. The van der Waals surface area contributed by atoms with Crippen LogP contribution in [0.3, 0.4) is 0 Å². The third-order valence-electron chi connectivity index (χ3n) is 4.33. The summed E-state index contributed by atoms with van der Waals surface area (Å²) < 4.78 is 12.9. The molecule has 146 valence electrons. The Morgan fingerprint density at radius 1 is 1.18 bits per heavy atom. The van der Waals surface area contributed by atoms with Crippen molar-refractivity contribution in [2.24, 2.45) is 7.05 Å². The summed E-state index contributed by atoms with van der Waals surface area (Å²) in [5.41, 5.74) is 0.862. The lowest BCUT2D eigenvalue weighted by molar-refractivity contribution is -0.127. The van der Waals surface area contributed by atoms with E-state index in [-0.39, 0.29) is 5.91 Å². The molecule has 2 atom stereocenters. The molecule has 0 radical (unpaired) electrons. The molecule has 0 saturated heterocycles. The number of benzene rings is 2. The van der Waals surface area contributed by atoms with E-state index in [0.717, 1.165) is 5.56 Å². The lowest BCUT2D eigenvalue weighted by Gasteiger charge is -2.22. The number of rotatable bonds is 7. The molecule has 0 bridgehead atoms. The van der Waals surface area contributed by atoms with Crippen LogP contribution in [0.2, 0.25) is 5.02 Å². The normalized spacial score (nSPS) is 12.9. The number of imidazole rings is 1. The van der Waals surface area contributed by atoms with Crippen molar-refractivity contribution in [3.8, 4) is 11.5 Å². The number of aryl methyl sites for hydroxylation is 1. The lowest BCUT2D eigenvalue weighted by atomic mass is 10.1. The number of carbonyl (C=O) groups is 1. The Bertz CT molecular complexity index is 940. The zero-order valence-corrected chi connectivity index (χ0v) is 16.7. The molecule has 3 rings (SSSR count). The van der Waals surface area contributed by atoms with Crippen molar-refractivity contribution < 1.29 is 14.3 Å². The van der Waals surface area contributed by atoms with Crippen LogP contribution in [0.4, 0.5) is 0 Å². The second kappa shape index (κ2) is 8.80. The van der Waals surface area contributed by atoms with E-state index < -0.39 is 12.1 Å². The van der Waals surface area contributed by atoms with Gasteiger partial charge >= 0.3 is 0 Å². The molecular formula is C21H22ClN3O3. The molecule has 7 heteroatoms. The summed E-state index contributed by atoms with van der Waals surface area (Å²) in [6.45, 7) is 1.70. The van der Waals surface area contributed by atoms with Crippen molar-refractivity contribution >= 4 is 17.5 Å². The molecule has 28 heavy (non-hydrogen) atoms. The van der Waals surface area contributed by atoms with Crippen molar-refractivity contribution in [2.75, 3.05) is 7.11 Å². The number of aromatic nitrogens is 2. The van der Waals surface area contributed by atoms with Crippen molar-refractivity contribution in [1.82, 2.24) is 14.9 Å². The SMILES string of the molecule is COc1cccc(C(NC(=O)C(C)Oc2ccc(Cl)cc2)c2nccn2C)c1. The maximum absolute atomic E-state index is 12.8. The summed E-state index contributed by atoms with van der Waals surface area (Å²) in [4.78, 5) is 17.2. The largest absolute Gasteiger partial charge is 0.497 e. The summed E-state index contributed by atoms with van der Waals surface area (Å²) in [7, 11) is 3.49. The Morgan fingerprint density at radius 2 is 1.93 bits per heavy atom. The number of hydrogen-bond acceptors (Lipinski definition) is 4. The van der Waals surface area contributed by atoms with Gasteiger partial charge in [0.05, 0.1) is 7.11 Å². The summed E-state index contributed by atoms with van der Waals surface area (Å²) in [5, 5.41) is 3.64. The van der Waals surface area contributed by atoms with Crippen molar-refractivity contribution in [3.05, 3.63) is 77.3 Å². The number of amides is 1. The van der Waals surface area contributed by atoms with E-state index in [2.05, 4.69) is 10.3 Å². The Labute approximate surface area is 169 Å².